The quantitative estimate of drug-likeness (QED) is 0.257. The first-order valence-corrected chi connectivity index (χ1v) is 14.7. The van der Waals surface area contributed by atoms with Gasteiger partial charge in [0.25, 0.3) is 0 Å². The van der Waals surface area contributed by atoms with Crippen LogP contribution in [-0.4, -0.2) is 24.1 Å². The van der Waals surface area contributed by atoms with E-state index >= 15 is 0 Å². The standard InChI is InChI=1S/C35H40N2O3/c1-22-6-5-7-32(23(22)2)40-21-26-18-24(8-14-33(26)39-4)20-36-37-34-15-13-31-30-11-9-25-19-27(38)10-12-28(25)29(30)16-17-35(31,34)3/h5-8,10,12,14,18-20,29-31,38H,9,11,13,15-17,21H2,1-4H3/b36-20-,37-34-/t29-,30-,31-,35-/m0/s1. The van der Waals surface area contributed by atoms with Crippen LogP contribution in [0, 0.1) is 31.1 Å². The number of nitrogens with zero attached hydrogens (tertiary/aromatic N) is 2. The Labute approximate surface area is 238 Å². The molecule has 4 atom stereocenters. The van der Waals surface area contributed by atoms with Crippen molar-refractivity contribution in [3.8, 4) is 17.2 Å². The largest absolute Gasteiger partial charge is 0.508 e. The molecule has 0 aliphatic heterocycles. The summed E-state index contributed by atoms with van der Waals surface area (Å²) in [6, 6.07) is 18.2. The van der Waals surface area contributed by atoms with Gasteiger partial charge < -0.3 is 14.6 Å². The first kappa shape index (κ1) is 26.6. The number of rotatable bonds is 6. The second-order valence-corrected chi connectivity index (χ2v) is 12.1. The highest BCUT2D eigenvalue weighted by Crippen LogP contribution is 2.60. The summed E-state index contributed by atoms with van der Waals surface area (Å²) in [6.07, 6.45) is 8.69. The molecule has 208 valence electrons. The van der Waals surface area contributed by atoms with E-state index < -0.39 is 0 Å². The fraction of sp³-hybridized carbons (Fsp3) is 0.429. The van der Waals surface area contributed by atoms with Crippen LogP contribution >= 0.6 is 0 Å². The van der Waals surface area contributed by atoms with E-state index in [1.807, 2.05) is 42.6 Å². The highest BCUT2D eigenvalue weighted by Gasteiger charge is 2.53. The number of methoxy groups -OCH3 is 1. The minimum Gasteiger partial charge on any atom is -0.508 e. The van der Waals surface area contributed by atoms with Crippen LogP contribution in [0.3, 0.4) is 0 Å². The number of hydrogen-bond acceptors (Lipinski definition) is 5. The van der Waals surface area contributed by atoms with E-state index in [9.17, 15) is 5.11 Å². The molecule has 0 aromatic heterocycles. The lowest BCUT2D eigenvalue weighted by atomic mass is 9.55. The minimum absolute atomic E-state index is 0.123. The van der Waals surface area contributed by atoms with Crippen molar-refractivity contribution in [2.24, 2.45) is 27.5 Å². The van der Waals surface area contributed by atoms with Crippen LogP contribution in [0.4, 0.5) is 0 Å². The molecule has 0 bridgehead atoms. The first-order valence-electron chi connectivity index (χ1n) is 14.7. The lowest BCUT2D eigenvalue weighted by Crippen LogP contribution is -2.42. The second kappa shape index (κ2) is 10.8. The fourth-order valence-electron chi connectivity index (χ4n) is 7.71. The van der Waals surface area contributed by atoms with Crippen LogP contribution in [0.15, 0.2) is 64.8 Å². The molecule has 1 N–H and O–H groups in total. The molecular formula is C35H40N2O3. The molecule has 3 aliphatic carbocycles. The maximum Gasteiger partial charge on any atom is 0.125 e. The third kappa shape index (κ3) is 4.80. The topological polar surface area (TPSA) is 63.4 Å². The molecule has 5 nitrogen and oxygen atoms in total. The van der Waals surface area contributed by atoms with Crippen LogP contribution in [0.1, 0.15) is 78.3 Å². The van der Waals surface area contributed by atoms with Gasteiger partial charge in [-0.1, -0.05) is 25.1 Å². The van der Waals surface area contributed by atoms with Crippen LogP contribution in [0.25, 0.3) is 0 Å². The zero-order valence-corrected chi connectivity index (χ0v) is 24.1. The molecule has 2 fully saturated rings. The number of ether oxygens (including phenoxy) is 2. The van der Waals surface area contributed by atoms with E-state index in [0.29, 0.717) is 30.1 Å². The van der Waals surface area contributed by atoms with E-state index in [4.69, 9.17) is 14.6 Å². The van der Waals surface area contributed by atoms with E-state index in [-0.39, 0.29) is 5.41 Å². The van der Waals surface area contributed by atoms with Crippen LogP contribution in [0.5, 0.6) is 17.2 Å². The van der Waals surface area contributed by atoms with Crippen LogP contribution in [-0.2, 0) is 13.0 Å². The minimum atomic E-state index is 0.123. The number of aryl methyl sites for hydroxylation is 2. The lowest BCUT2D eigenvalue weighted by Gasteiger charge is -2.49. The van der Waals surface area contributed by atoms with E-state index in [0.717, 1.165) is 47.5 Å². The molecule has 40 heavy (non-hydrogen) atoms. The molecule has 0 spiro atoms. The molecule has 0 heterocycles. The Balaban J connectivity index is 1.17. The second-order valence-electron chi connectivity index (χ2n) is 12.1. The van der Waals surface area contributed by atoms with E-state index in [1.165, 1.54) is 41.7 Å². The van der Waals surface area contributed by atoms with Gasteiger partial charge in [-0.25, -0.2) is 0 Å². The van der Waals surface area contributed by atoms with Gasteiger partial charge in [0.2, 0.25) is 0 Å². The summed E-state index contributed by atoms with van der Waals surface area (Å²) in [7, 11) is 1.69. The zero-order chi connectivity index (χ0) is 27.9. The number of hydrogen-bond donors (Lipinski definition) is 1. The zero-order valence-electron chi connectivity index (χ0n) is 24.1. The third-order valence-corrected chi connectivity index (χ3v) is 10.1. The average molecular weight is 537 g/mol. The molecule has 5 heteroatoms. The Morgan fingerprint density at radius 3 is 2.73 bits per heavy atom. The Morgan fingerprint density at radius 1 is 1.00 bits per heavy atom. The Morgan fingerprint density at radius 2 is 1.88 bits per heavy atom. The summed E-state index contributed by atoms with van der Waals surface area (Å²) in [5, 5.41) is 19.4. The van der Waals surface area contributed by atoms with Crippen molar-refractivity contribution in [1.29, 1.82) is 0 Å². The number of phenols is 1. The van der Waals surface area contributed by atoms with Gasteiger partial charge in [-0.05, 0) is 134 Å². The number of benzene rings is 3. The molecule has 0 saturated heterocycles. The molecule has 0 unspecified atom stereocenters. The van der Waals surface area contributed by atoms with Crippen LogP contribution in [0.2, 0.25) is 0 Å². The van der Waals surface area contributed by atoms with Crippen molar-refractivity contribution in [3.63, 3.8) is 0 Å². The predicted octanol–water partition coefficient (Wildman–Crippen LogP) is 7.93. The molecule has 2 saturated carbocycles. The predicted molar refractivity (Wildman–Crippen MR) is 161 cm³/mol. The smallest absolute Gasteiger partial charge is 0.125 e. The number of aromatic hydroxyl groups is 1. The summed E-state index contributed by atoms with van der Waals surface area (Å²) >= 11 is 0. The lowest BCUT2D eigenvalue weighted by molar-refractivity contribution is 0.0955. The molecule has 3 aliphatic rings. The summed E-state index contributed by atoms with van der Waals surface area (Å²) in [5.41, 5.74) is 8.54. The van der Waals surface area contributed by atoms with Crippen molar-refractivity contribution in [1.82, 2.24) is 0 Å². The van der Waals surface area contributed by atoms with Crippen molar-refractivity contribution in [3.05, 3.63) is 88.0 Å². The summed E-state index contributed by atoms with van der Waals surface area (Å²) in [4.78, 5) is 0. The number of phenolic OH excluding ortho intramolecular Hbond substituents is 1. The third-order valence-electron chi connectivity index (χ3n) is 10.1. The summed E-state index contributed by atoms with van der Waals surface area (Å²) in [5.74, 6) is 4.04. The molecular weight excluding hydrogens is 496 g/mol. The average Bonchev–Trinajstić information content (AvgIpc) is 3.29. The van der Waals surface area contributed by atoms with Crippen molar-refractivity contribution in [2.45, 2.75) is 71.8 Å². The van der Waals surface area contributed by atoms with E-state index in [1.54, 1.807) is 7.11 Å². The molecule has 3 aromatic rings. The van der Waals surface area contributed by atoms with Crippen LogP contribution < -0.4 is 9.47 Å². The SMILES string of the molecule is COc1ccc(/C=N\N=C2\CC[C@H]3[C@H]4CCc5cc(O)ccc5[C@@H]4CC[C@]23C)cc1COc1cccc(C)c1C. The first-order chi connectivity index (χ1) is 19.4. The van der Waals surface area contributed by atoms with Gasteiger partial charge in [-0.15, -0.1) is 0 Å². The summed E-state index contributed by atoms with van der Waals surface area (Å²) < 4.78 is 11.8. The molecule has 6 rings (SSSR count). The van der Waals surface area contributed by atoms with Gasteiger partial charge in [0, 0.05) is 16.7 Å². The van der Waals surface area contributed by atoms with Gasteiger partial charge in [0.1, 0.15) is 23.9 Å². The van der Waals surface area contributed by atoms with Crippen molar-refractivity contribution >= 4 is 11.9 Å². The van der Waals surface area contributed by atoms with Gasteiger partial charge >= 0.3 is 0 Å². The highest BCUT2D eigenvalue weighted by molar-refractivity contribution is 5.93. The molecule has 3 aromatic carbocycles. The Kier molecular flexibility index (Phi) is 7.16. The Bertz CT molecular complexity index is 1480. The van der Waals surface area contributed by atoms with Gasteiger partial charge in [0.05, 0.1) is 13.3 Å². The van der Waals surface area contributed by atoms with Gasteiger partial charge in [0.15, 0.2) is 0 Å². The molecule has 0 radical (unpaired) electrons. The van der Waals surface area contributed by atoms with Gasteiger partial charge in [-0.2, -0.15) is 10.2 Å². The van der Waals surface area contributed by atoms with Crippen molar-refractivity contribution in [2.75, 3.05) is 7.11 Å². The normalized spacial score (nSPS) is 26.4. The highest BCUT2D eigenvalue weighted by atomic mass is 16.5. The number of fused-ring (bicyclic) bond motifs is 5. The van der Waals surface area contributed by atoms with Crippen molar-refractivity contribution < 1.29 is 14.6 Å². The molecule has 0 amide bonds. The Hall–Kier alpha value is -3.60. The monoisotopic (exact) mass is 536 g/mol. The fourth-order valence-corrected chi connectivity index (χ4v) is 7.71. The summed E-state index contributed by atoms with van der Waals surface area (Å²) in [6.45, 7) is 7.04. The van der Waals surface area contributed by atoms with Gasteiger partial charge in [-0.3, -0.25) is 0 Å². The maximum atomic E-state index is 9.97. The van der Waals surface area contributed by atoms with E-state index in [2.05, 4.69) is 44.1 Å². The maximum absolute atomic E-state index is 9.97.